The Kier molecular flexibility index (Phi) is 37.7. The van der Waals surface area contributed by atoms with Crippen molar-refractivity contribution in [2.24, 2.45) is 0 Å². The van der Waals surface area contributed by atoms with Crippen molar-refractivity contribution in [2.45, 2.75) is 187 Å². The zero-order valence-electron chi connectivity index (χ0n) is 33.9. The number of esters is 2. The van der Waals surface area contributed by atoms with Crippen molar-refractivity contribution in [3.63, 3.8) is 0 Å². The van der Waals surface area contributed by atoms with Crippen LogP contribution in [0.4, 0.5) is 0 Å². The zero-order valence-corrected chi connectivity index (χ0v) is 34.8. The van der Waals surface area contributed by atoms with Gasteiger partial charge in [0.05, 0.1) is 19.8 Å². The standard InChI is InChI=1S/C43H77O10P/c1-3-5-7-9-11-13-15-17-19-20-21-23-25-27-29-31-33-35-43(47)53-41(39-52-54(48,49)51-37-40(45)36-44)38-50-42(46)34-32-30-28-26-24-22-18-16-14-12-10-8-6-4-2/h5,7,11,13,17,19,21,23,40-41,44-45H,3-4,6,8-10,12,14-16,18,20,22,24-39H2,1-2H3,(H,48,49)/b7-5-,13-11-,19-17-,23-21-. The first kappa shape index (κ1) is 51.9. The second-order valence-corrected chi connectivity index (χ2v) is 15.4. The lowest BCUT2D eigenvalue weighted by molar-refractivity contribution is -0.161. The van der Waals surface area contributed by atoms with Crippen molar-refractivity contribution in [3.8, 4) is 0 Å². The van der Waals surface area contributed by atoms with Crippen LogP contribution in [0, 0.1) is 0 Å². The Morgan fingerprint density at radius 2 is 1.02 bits per heavy atom. The van der Waals surface area contributed by atoms with Crippen molar-refractivity contribution in [3.05, 3.63) is 48.6 Å². The van der Waals surface area contributed by atoms with E-state index in [9.17, 15) is 24.2 Å². The monoisotopic (exact) mass is 785 g/mol. The van der Waals surface area contributed by atoms with Crippen LogP contribution in [0.15, 0.2) is 48.6 Å². The van der Waals surface area contributed by atoms with E-state index in [0.29, 0.717) is 12.8 Å². The number of phosphoric acid groups is 1. The van der Waals surface area contributed by atoms with E-state index in [2.05, 4.69) is 67.0 Å². The molecule has 54 heavy (non-hydrogen) atoms. The number of phosphoric ester groups is 1. The molecule has 10 nitrogen and oxygen atoms in total. The lowest BCUT2D eigenvalue weighted by Crippen LogP contribution is -2.29. The van der Waals surface area contributed by atoms with E-state index < -0.39 is 51.8 Å². The van der Waals surface area contributed by atoms with Gasteiger partial charge in [-0.2, -0.15) is 0 Å². The lowest BCUT2D eigenvalue weighted by atomic mass is 10.0. The summed E-state index contributed by atoms with van der Waals surface area (Å²) in [5.41, 5.74) is 0. The SMILES string of the molecule is CC/C=C\C/C=C\C/C=C\C/C=C\CCCCCCC(=O)OC(COC(=O)CCCCCCCCCCCCCCCC)COP(=O)(O)OCC(O)CO. The Morgan fingerprint density at radius 3 is 1.54 bits per heavy atom. The van der Waals surface area contributed by atoms with E-state index in [0.717, 1.165) is 70.6 Å². The molecule has 0 aromatic rings. The first-order chi connectivity index (χ1) is 26.2. The highest BCUT2D eigenvalue weighted by Gasteiger charge is 2.27. The maximum absolute atomic E-state index is 12.6. The average molecular weight is 785 g/mol. The molecule has 0 aromatic heterocycles. The predicted molar refractivity (Wildman–Crippen MR) is 219 cm³/mol. The molecule has 0 aliphatic heterocycles. The number of allylic oxidation sites excluding steroid dienone is 8. The number of hydrogen-bond acceptors (Lipinski definition) is 9. The summed E-state index contributed by atoms with van der Waals surface area (Å²) in [6.07, 6.45) is 40.7. The van der Waals surface area contributed by atoms with E-state index in [1.165, 1.54) is 64.2 Å². The van der Waals surface area contributed by atoms with Gasteiger partial charge in [0.25, 0.3) is 0 Å². The molecular weight excluding hydrogens is 707 g/mol. The Hall–Kier alpha value is -2.07. The van der Waals surface area contributed by atoms with Crippen LogP contribution in [0.3, 0.4) is 0 Å². The molecule has 0 bridgehead atoms. The molecule has 11 heteroatoms. The van der Waals surface area contributed by atoms with Crippen LogP contribution < -0.4 is 0 Å². The first-order valence-electron chi connectivity index (χ1n) is 21.1. The van der Waals surface area contributed by atoms with Gasteiger partial charge in [-0.25, -0.2) is 4.57 Å². The Bertz CT molecular complexity index is 1040. The maximum Gasteiger partial charge on any atom is 0.472 e. The number of ether oxygens (including phenoxy) is 2. The largest absolute Gasteiger partial charge is 0.472 e. The van der Waals surface area contributed by atoms with Crippen molar-refractivity contribution >= 4 is 19.8 Å². The van der Waals surface area contributed by atoms with E-state index in [1.807, 2.05) is 0 Å². The van der Waals surface area contributed by atoms with Crippen LogP contribution in [0.2, 0.25) is 0 Å². The third kappa shape index (κ3) is 38.2. The summed E-state index contributed by atoms with van der Waals surface area (Å²) in [5.74, 6) is -0.951. The summed E-state index contributed by atoms with van der Waals surface area (Å²) in [4.78, 5) is 34.9. The highest BCUT2D eigenvalue weighted by molar-refractivity contribution is 7.47. The van der Waals surface area contributed by atoms with Gasteiger partial charge in [-0.1, -0.05) is 159 Å². The Morgan fingerprint density at radius 1 is 0.574 bits per heavy atom. The molecule has 0 radical (unpaired) electrons. The van der Waals surface area contributed by atoms with E-state index in [1.54, 1.807) is 0 Å². The van der Waals surface area contributed by atoms with Crippen molar-refractivity contribution < 1.29 is 47.8 Å². The second kappa shape index (κ2) is 39.2. The average Bonchev–Trinajstić information content (AvgIpc) is 3.16. The normalized spacial score (nSPS) is 14.4. The number of aliphatic hydroxyl groups is 2. The fraction of sp³-hybridized carbons (Fsp3) is 0.767. The molecule has 314 valence electrons. The van der Waals surface area contributed by atoms with Crippen LogP contribution in [0.1, 0.15) is 174 Å². The third-order valence-corrected chi connectivity index (χ3v) is 9.70. The van der Waals surface area contributed by atoms with Gasteiger partial charge in [-0.15, -0.1) is 0 Å². The Labute approximate surface area is 328 Å². The van der Waals surface area contributed by atoms with Gasteiger partial charge in [0.2, 0.25) is 0 Å². The molecule has 0 aromatic carbocycles. The summed E-state index contributed by atoms with van der Waals surface area (Å²) >= 11 is 0. The minimum Gasteiger partial charge on any atom is -0.462 e. The van der Waals surface area contributed by atoms with Crippen molar-refractivity contribution in [2.75, 3.05) is 26.4 Å². The van der Waals surface area contributed by atoms with Gasteiger partial charge in [0.1, 0.15) is 12.7 Å². The van der Waals surface area contributed by atoms with Crippen LogP contribution in [0.5, 0.6) is 0 Å². The van der Waals surface area contributed by atoms with Crippen molar-refractivity contribution in [1.82, 2.24) is 0 Å². The number of carbonyl (C=O) groups excluding carboxylic acids is 2. The number of hydrogen-bond donors (Lipinski definition) is 3. The third-order valence-electron chi connectivity index (χ3n) is 8.75. The molecule has 0 saturated heterocycles. The summed E-state index contributed by atoms with van der Waals surface area (Å²) in [5, 5.41) is 18.3. The van der Waals surface area contributed by atoms with E-state index in [-0.39, 0.29) is 19.4 Å². The van der Waals surface area contributed by atoms with Gasteiger partial charge < -0.3 is 24.6 Å². The lowest BCUT2D eigenvalue weighted by Gasteiger charge is -2.20. The Balaban J connectivity index is 4.36. The molecule has 0 aliphatic carbocycles. The van der Waals surface area contributed by atoms with Crippen LogP contribution in [-0.4, -0.2) is 65.7 Å². The second-order valence-electron chi connectivity index (χ2n) is 14.0. The molecule has 0 aliphatic rings. The smallest absolute Gasteiger partial charge is 0.462 e. The van der Waals surface area contributed by atoms with Crippen LogP contribution in [0.25, 0.3) is 0 Å². The summed E-state index contributed by atoms with van der Waals surface area (Å²) in [6, 6.07) is 0. The minimum atomic E-state index is -4.62. The van der Waals surface area contributed by atoms with Gasteiger partial charge in [-0.3, -0.25) is 18.6 Å². The van der Waals surface area contributed by atoms with Gasteiger partial charge >= 0.3 is 19.8 Å². The fourth-order valence-corrected chi connectivity index (χ4v) is 6.30. The summed E-state index contributed by atoms with van der Waals surface area (Å²) < 4.78 is 32.7. The first-order valence-corrected chi connectivity index (χ1v) is 22.6. The molecule has 0 fully saturated rings. The maximum atomic E-state index is 12.6. The minimum absolute atomic E-state index is 0.156. The highest BCUT2D eigenvalue weighted by atomic mass is 31.2. The van der Waals surface area contributed by atoms with E-state index >= 15 is 0 Å². The van der Waals surface area contributed by atoms with Crippen LogP contribution in [-0.2, 0) is 32.7 Å². The highest BCUT2D eigenvalue weighted by Crippen LogP contribution is 2.43. The summed E-state index contributed by atoms with van der Waals surface area (Å²) in [6.45, 7) is 2.24. The number of carbonyl (C=O) groups is 2. The van der Waals surface area contributed by atoms with Crippen molar-refractivity contribution in [1.29, 1.82) is 0 Å². The molecule has 0 rings (SSSR count). The number of aliphatic hydroxyl groups excluding tert-OH is 2. The molecule has 3 unspecified atom stereocenters. The molecule has 0 amide bonds. The quantitative estimate of drug-likeness (QED) is 0.0238. The number of rotatable bonds is 39. The fourth-order valence-electron chi connectivity index (χ4n) is 5.51. The molecule has 3 atom stereocenters. The van der Waals surface area contributed by atoms with E-state index in [4.69, 9.17) is 19.1 Å². The van der Waals surface area contributed by atoms with Gasteiger partial charge in [0, 0.05) is 12.8 Å². The molecular formula is C43H77O10P. The molecule has 0 spiro atoms. The molecule has 0 heterocycles. The summed E-state index contributed by atoms with van der Waals surface area (Å²) in [7, 11) is -4.62. The van der Waals surface area contributed by atoms with Crippen LogP contribution >= 0.6 is 7.82 Å². The number of unbranched alkanes of at least 4 members (excludes halogenated alkanes) is 17. The zero-order chi connectivity index (χ0) is 39.8. The molecule has 0 saturated carbocycles. The topological polar surface area (TPSA) is 149 Å². The van der Waals surface area contributed by atoms with Gasteiger partial charge in [0.15, 0.2) is 6.10 Å². The van der Waals surface area contributed by atoms with Gasteiger partial charge in [-0.05, 0) is 51.4 Å². The molecule has 3 N–H and O–H groups in total. The predicted octanol–water partition coefficient (Wildman–Crippen LogP) is 10.9.